The number of nitrogens with zero attached hydrogens (tertiary/aromatic N) is 2. The van der Waals surface area contributed by atoms with Crippen molar-refractivity contribution in [2.24, 2.45) is 4.99 Å². The maximum Gasteiger partial charge on any atom is 0.194 e. The Morgan fingerprint density at radius 3 is 2.89 bits per heavy atom. The zero-order valence-electron chi connectivity index (χ0n) is 15.6. The summed E-state index contributed by atoms with van der Waals surface area (Å²) in [5.74, 6) is 0.687. The molecule has 0 saturated carbocycles. The summed E-state index contributed by atoms with van der Waals surface area (Å²) in [4.78, 5) is 6.95. The number of benzene rings is 1. The van der Waals surface area contributed by atoms with Crippen LogP contribution in [0.1, 0.15) is 25.3 Å². The van der Waals surface area contributed by atoms with Gasteiger partial charge in [0.25, 0.3) is 0 Å². The summed E-state index contributed by atoms with van der Waals surface area (Å²) in [5, 5.41) is 3.35. The summed E-state index contributed by atoms with van der Waals surface area (Å²) in [6.07, 6.45) is 3.03. The third-order valence-corrected chi connectivity index (χ3v) is 5.25. The van der Waals surface area contributed by atoms with Gasteiger partial charge >= 0.3 is 0 Å². The highest BCUT2D eigenvalue weighted by Crippen LogP contribution is 2.21. The fourth-order valence-electron chi connectivity index (χ4n) is 3.43. The van der Waals surface area contributed by atoms with E-state index in [-0.39, 0.29) is 42.0 Å². The van der Waals surface area contributed by atoms with Crippen LogP contribution < -0.4 is 5.32 Å². The van der Waals surface area contributed by atoms with E-state index in [1.807, 2.05) is 6.07 Å². The SMILES string of the molecule is CCNC(=NCCc1cc(Br)ccc1F)N1CCOC(C2CCCO2)C1.I. The van der Waals surface area contributed by atoms with Gasteiger partial charge in [0.1, 0.15) is 11.9 Å². The predicted molar refractivity (Wildman–Crippen MR) is 119 cm³/mol. The lowest BCUT2D eigenvalue weighted by Gasteiger charge is -2.37. The van der Waals surface area contributed by atoms with Gasteiger partial charge < -0.3 is 19.7 Å². The number of halogens is 3. The van der Waals surface area contributed by atoms with Gasteiger partial charge in [-0.15, -0.1) is 24.0 Å². The monoisotopic (exact) mass is 555 g/mol. The van der Waals surface area contributed by atoms with Gasteiger partial charge in [0.05, 0.1) is 12.7 Å². The van der Waals surface area contributed by atoms with Crippen LogP contribution in [0.4, 0.5) is 4.39 Å². The molecule has 0 bridgehead atoms. The summed E-state index contributed by atoms with van der Waals surface area (Å²) < 4.78 is 26.5. The highest BCUT2D eigenvalue weighted by atomic mass is 127. The first kappa shape index (κ1) is 22.8. The van der Waals surface area contributed by atoms with Gasteiger partial charge in [-0.1, -0.05) is 15.9 Å². The lowest BCUT2D eigenvalue weighted by molar-refractivity contribution is -0.0817. The molecule has 1 N–H and O–H groups in total. The van der Waals surface area contributed by atoms with Crippen molar-refractivity contribution in [2.45, 2.75) is 38.4 Å². The molecule has 2 saturated heterocycles. The van der Waals surface area contributed by atoms with Crippen molar-refractivity contribution >= 4 is 45.9 Å². The molecule has 2 unspecified atom stereocenters. The molecule has 0 aliphatic carbocycles. The van der Waals surface area contributed by atoms with Crippen LogP contribution in [0.15, 0.2) is 27.7 Å². The van der Waals surface area contributed by atoms with E-state index in [0.717, 1.165) is 49.5 Å². The smallest absolute Gasteiger partial charge is 0.194 e. The molecule has 3 rings (SSSR count). The van der Waals surface area contributed by atoms with E-state index in [4.69, 9.17) is 14.5 Å². The Balaban J connectivity index is 0.00000261. The van der Waals surface area contributed by atoms with E-state index in [0.29, 0.717) is 25.1 Å². The van der Waals surface area contributed by atoms with Crippen molar-refractivity contribution in [1.82, 2.24) is 10.2 Å². The molecule has 1 aromatic carbocycles. The second kappa shape index (κ2) is 11.5. The standard InChI is InChI=1S/C19H27BrFN3O2.HI/c1-2-22-19(23-8-7-14-12-15(20)5-6-16(14)21)24-9-11-26-18(13-24)17-4-3-10-25-17;/h5-6,12,17-18H,2-4,7-11,13H2,1H3,(H,22,23);1H. The van der Waals surface area contributed by atoms with Gasteiger partial charge in [0, 0.05) is 37.3 Å². The molecule has 152 valence electrons. The Kier molecular flexibility index (Phi) is 9.75. The zero-order chi connectivity index (χ0) is 18.4. The van der Waals surface area contributed by atoms with Gasteiger partial charge in [0.2, 0.25) is 0 Å². The molecule has 2 atom stereocenters. The molecule has 8 heteroatoms. The van der Waals surface area contributed by atoms with Crippen molar-refractivity contribution in [3.8, 4) is 0 Å². The zero-order valence-corrected chi connectivity index (χ0v) is 19.5. The Bertz CT molecular complexity index is 629. The molecular weight excluding hydrogens is 528 g/mol. The topological polar surface area (TPSA) is 46.1 Å². The lowest BCUT2D eigenvalue weighted by Crippen LogP contribution is -2.53. The number of guanidine groups is 1. The predicted octanol–water partition coefficient (Wildman–Crippen LogP) is 3.59. The maximum absolute atomic E-state index is 13.9. The molecule has 5 nitrogen and oxygen atoms in total. The average molecular weight is 556 g/mol. The number of aliphatic imine (C=N–C) groups is 1. The highest BCUT2D eigenvalue weighted by Gasteiger charge is 2.32. The normalized spacial score (nSPS) is 23.2. The van der Waals surface area contributed by atoms with Crippen molar-refractivity contribution < 1.29 is 13.9 Å². The molecule has 2 aliphatic rings. The highest BCUT2D eigenvalue weighted by molar-refractivity contribution is 14.0. The number of nitrogens with one attached hydrogen (secondary N) is 1. The first-order valence-electron chi connectivity index (χ1n) is 9.37. The average Bonchev–Trinajstić information content (AvgIpc) is 3.19. The molecule has 2 heterocycles. The molecule has 0 radical (unpaired) electrons. The number of hydrogen-bond acceptors (Lipinski definition) is 3. The van der Waals surface area contributed by atoms with Crippen LogP contribution in [0.25, 0.3) is 0 Å². The van der Waals surface area contributed by atoms with E-state index in [2.05, 4.69) is 33.1 Å². The minimum atomic E-state index is -0.182. The number of ether oxygens (including phenoxy) is 2. The Morgan fingerprint density at radius 2 is 2.15 bits per heavy atom. The molecule has 2 fully saturated rings. The summed E-state index contributed by atoms with van der Waals surface area (Å²) in [5.41, 5.74) is 0.679. The molecule has 1 aromatic rings. The second-order valence-electron chi connectivity index (χ2n) is 6.63. The molecule has 2 aliphatic heterocycles. The van der Waals surface area contributed by atoms with Gasteiger partial charge in [-0.2, -0.15) is 0 Å². The largest absolute Gasteiger partial charge is 0.375 e. The summed E-state index contributed by atoms with van der Waals surface area (Å²) in [7, 11) is 0. The summed E-state index contributed by atoms with van der Waals surface area (Å²) >= 11 is 3.39. The van der Waals surface area contributed by atoms with Crippen LogP contribution >= 0.6 is 39.9 Å². The number of morpholine rings is 1. The van der Waals surface area contributed by atoms with E-state index < -0.39 is 0 Å². The summed E-state index contributed by atoms with van der Waals surface area (Å²) in [6.45, 7) is 6.49. The van der Waals surface area contributed by atoms with Crippen molar-refractivity contribution in [3.05, 3.63) is 34.1 Å². The number of hydrogen-bond donors (Lipinski definition) is 1. The maximum atomic E-state index is 13.9. The van der Waals surface area contributed by atoms with E-state index in [9.17, 15) is 4.39 Å². The molecule has 0 amide bonds. The second-order valence-corrected chi connectivity index (χ2v) is 7.54. The van der Waals surface area contributed by atoms with Crippen LogP contribution in [-0.4, -0.2) is 62.5 Å². The van der Waals surface area contributed by atoms with Gasteiger partial charge in [-0.25, -0.2) is 4.39 Å². The van der Waals surface area contributed by atoms with Crippen molar-refractivity contribution in [3.63, 3.8) is 0 Å². The minimum Gasteiger partial charge on any atom is -0.375 e. The molecule has 0 aromatic heterocycles. The van der Waals surface area contributed by atoms with Crippen LogP contribution in [0.5, 0.6) is 0 Å². The Labute approximate surface area is 186 Å². The van der Waals surface area contributed by atoms with Gasteiger partial charge in [0.15, 0.2) is 5.96 Å². The first-order chi connectivity index (χ1) is 12.7. The lowest BCUT2D eigenvalue weighted by atomic mass is 10.1. The van der Waals surface area contributed by atoms with Crippen LogP contribution in [-0.2, 0) is 15.9 Å². The van der Waals surface area contributed by atoms with E-state index in [1.165, 1.54) is 6.07 Å². The van der Waals surface area contributed by atoms with Gasteiger partial charge in [-0.05, 0) is 49.9 Å². The third-order valence-electron chi connectivity index (χ3n) is 4.76. The fourth-order valence-corrected chi connectivity index (χ4v) is 3.84. The van der Waals surface area contributed by atoms with Crippen molar-refractivity contribution in [1.29, 1.82) is 0 Å². The van der Waals surface area contributed by atoms with Crippen LogP contribution in [0.2, 0.25) is 0 Å². The Morgan fingerprint density at radius 1 is 1.33 bits per heavy atom. The molecule has 27 heavy (non-hydrogen) atoms. The third kappa shape index (κ3) is 6.54. The van der Waals surface area contributed by atoms with Gasteiger partial charge in [-0.3, -0.25) is 4.99 Å². The first-order valence-corrected chi connectivity index (χ1v) is 10.2. The van der Waals surface area contributed by atoms with Crippen LogP contribution in [0, 0.1) is 5.82 Å². The van der Waals surface area contributed by atoms with E-state index >= 15 is 0 Å². The Hall–Kier alpha value is -0.450. The van der Waals surface area contributed by atoms with Crippen LogP contribution in [0.3, 0.4) is 0 Å². The van der Waals surface area contributed by atoms with E-state index in [1.54, 1.807) is 6.07 Å². The van der Waals surface area contributed by atoms with Crippen molar-refractivity contribution in [2.75, 3.05) is 39.4 Å². The number of rotatable bonds is 5. The summed E-state index contributed by atoms with van der Waals surface area (Å²) in [6, 6.07) is 5.02. The molecular formula is C19H28BrFIN3O2. The minimum absolute atomic E-state index is 0. The quantitative estimate of drug-likeness (QED) is 0.343. The molecule has 0 spiro atoms. The fraction of sp³-hybridized carbons (Fsp3) is 0.632.